The summed E-state index contributed by atoms with van der Waals surface area (Å²) >= 11 is 1.90. The van der Waals surface area contributed by atoms with Gasteiger partial charge in [-0.3, -0.25) is 4.79 Å². The molecule has 1 amide bonds. The third kappa shape index (κ3) is 2.94. The molecule has 1 saturated heterocycles. The van der Waals surface area contributed by atoms with Crippen LogP contribution >= 0.6 is 11.8 Å². The third-order valence-electron chi connectivity index (χ3n) is 3.02. The van der Waals surface area contributed by atoms with E-state index in [0.717, 1.165) is 34.7 Å². The largest absolute Gasteiger partial charge is 0.388 e. The summed E-state index contributed by atoms with van der Waals surface area (Å²) in [7, 11) is 1.88. The smallest absolute Gasteiger partial charge is 0.251 e. The number of aryl methyl sites for hydroxylation is 1. The summed E-state index contributed by atoms with van der Waals surface area (Å²) in [6.07, 6.45) is 1.09. The van der Waals surface area contributed by atoms with E-state index in [2.05, 4.69) is 10.6 Å². The van der Waals surface area contributed by atoms with Gasteiger partial charge in [0.05, 0.1) is 0 Å². The Labute approximate surface area is 106 Å². The summed E-state index contributed by atoms with van der Waals surface area (Å²) in [5, 5.41) is 6.17. The Balaban J connectivity index is 2.07. The van der Waals surface area contributed by atoms with Crippen LogP contribution in [0.2, 0.25) is 0 Å². The molecule has 1 fully saturated rings. The second kappa shape index (κ2) is 5.45. The van der Waals surface area contributed by atoms with Gasteiger partial charge in [-0.1, -0.05) is 0 Å². The molecule has 1 aliphatic rings. The van der Waals surface area contributed by atoms with Gasteiger partial charge in [0.2, 0.25) is 0 Å². The van der Waals surface area contributed by atoms with Crippen molar-refractivity contribution in [3.05, 3.63) is 29.3 Å². The van der Waals surface area contributed by atoms with Crippen LogP contribution in [0.15, 0.2) is 18.2 Å². The van der Waals surface area contributed by atoms with E-state index in [0.29, 0.717) is 6.04 Å². The first-order valence-electron chi connectivity index (χ1n) is 5.87. The SMILES string of the molecule is CNc1ccc(C(=O)NC2CCSC2)c(C)c1. The number of nitrogens with one attached hydrogen (secondary N) is 2. The summed E-state index contributed by atoms with van der Waals surface area (Å²) in [6.45, 7) is 1.97. The molecule has 1 unspecified atom stereocenters. The monoisotopic (exact) mass is 250 g/mol. The maximum absolute atomic E-state index is 12.1. The molecule has 2 N–H and O–H groups in total. The van der Waals surface area contributed by atoms with E-state index in [-0.39, 0.29) is 5.91 Å². The van der Waals surface area contributed by atoms with Crippen molar-refractivity contribution in [2.75, 3.05) is 23.9 Å². The summed E-state index contributed by atoms with van der Waals surface area (Å²) in [6, 6.07) is 6.17. The molecule has 1 heterocycles. The number of carbonyl (C=O) groups excluding carboxylic acids is 1. The molecule has 1 aromatic rings. The number of amides is 1. The summed E-state index contributed by atoms with van der Waals surface area (Å²) < 4.78 is 0. The van der Waals surface area contributed by atoms with Crippen LogP contribution in [-0.2, 0) is 0 Å². The van der Waals surface area contributed by atoms with Crippen molar-refractivity contribution in [3.8, 4) is 0 Å². The minimum Gasteiger partial charge on any atom is -0.388 e. The number of hydrogen-bond acceptors (Lipinski definition) is 3. The van der Waals surface area contributed by atoms with Crippen molar-refractivity contribution in [2.24, 2.45) is 0 Å². The number of anilines is 1. The normalized spacial score (nSPS) is 19.1. The first-order valence-corrected chi connectivity index (χ1v) is 7.03. The fraction of sp³-hybridized carbons (Fsp3) is 0.462. The molecular weight excluding hydrogens is 232 g/mol. The van der Waals surface area contributed by atoms with E-state index in [1.165, 1.54) is 0 Å². The molecular formula is C13H18N2OS. The van der Waals surface area contributed by atoms with Gasteiger partial charge in [0, 0.05) is 30.1 Å². The minimum atomic E-state index is 0.0534. The van der Waals surface area contributed by atoms with Gasteiger partial charge in [-0.2, -0.15) is 11.8 Å². The fourth-order valence-electron chi connectivity index (χ4n) is 1.99. The lowest BCUT2D eigenvalue weighted by atomic mass is 10.1. The van der Waals surface area contributed by atoms with Crippen molar-refractivity contribution in [1.82, 2.24) is 5.32 Å². The predicted octanol–water partition coefficient (Wildman–Crippen LogP) is 2.27. The second-order valence-corrected chi connectivity index (χ2v) is 5.46. The summed E-state index contributed by atoms with van der Waals surface area (Å²) in [4.78, 5) is 12.1. The lowest BCUT2D eigenvalue weighted by Crippen LogP contribution is -2.34. The van der Waals surface area contributed by atoms with Crippen LogP contribution in [0.1, 0.15) is 22.3 Å². The molecule has 2 rings (SSSR count). The van der Waals surface area contributed by atoms with Gasteiger partial charge in [0.15, 0.2) is 0 Å². The van der Waals surface area contributed by atoms with Crippen molar-refractivity contribution >= 4 is 23.4 Å². The zero-order valence-corrected chi connectivity index (χ0v) is 11.1. The van der Waals surface area contributed by atoms with Crippen LogP contribution in [0.4, 0.5) is 5.69 Å². The number of rotatable bonds is 3. The molecule has 1 aromatic carbocycles. The van der Waals surface area contributed by atoms with Gasteiger partial charge >= 0.3 is 0 Å². The molecule has 1 atom stereocenters. The Kier molecular flexibility index (Phi) is 3.94. The number of hydrogen-bond donors (Lipinski definition) is 2. The van der Waals surface area contributed by atoms with Crippen LogP contribution in [0, 0.1) is 6.92 Å². The molecule has 1 aliphatic heterocycles. The standard InChI is InChI=1S/C13H18N2OS/c1-9-7-10(14-2)3-4-12(9)13(16)15-11-5-6-17-8-11/h3-4,7,11,14H,5-6,8H2,1-2H3,(H,15,16). The zero-order valence-electron chi connectivity index (χ0n) is 10.2. The van der Waals surface area contributed by atoms with E-state index < -0.39 is 0 Å². The van der Waals surface area contributed by atoms with Gasteiger partial charge < -0.3 is 10.6 Å². The van der Waals surface area contributed by atoms with E-state index >= 15 is 0 Å². The summed E-state index contributed by atoms with van der Waals surface area (Å²) in [5.74, 6) is 2.25. The number of carbonyl (C=O) groups is 1. The van der Waals surface area contributed by atoms with E-state index in [1.54, 1.807) is 0 Å². The second-order valence-electron chi connectivity index (χ2n) is 4.31. The van der Waals surface area contributed by atoms with Crippen LogP contribution in [0.5, 0.6) is 0 Å². The Morgan fingerprint density at radius 1 is 1.47 bits per heavy atom. The van der Waals surface area contributed by atoms with Crippen LogP contribution in [0.3, 0.4) is 0 Å². The average molecular weight is 250 g/mol. The molecule has 17 heavy (non-hydrogen) atoms. The highest BCUT2D eigenvalue weighted by Gasteiger charge is 2.19. The molecule has 0 saturated carbocycles. The Bertz CT molecular complexity index is 414. The minimum absolute atomic E-state index is 0.0534. The van der Waals surface area contributed by atoms with E-state index in [4.69, 9.17) is 0 Å². The first kappa shape index (κ1) is 12.3. The Morgan fingerprint density at radius 3 is 2.88 bits per heavy atom. The summed E-state index contributed by atoms with van der Waals surface area (Å²) in [5.41, 5.74) is 2.83. The Morgan fingerprint density at radius 2 is 2.29 bits per heavy atom. The maximum Gasteiger partial charge on any atom is 0.251 e. The van der Waals surface area contributed by atoms with Gasteiger partial charge in [-0.15, -0.1) is 0 Å². The maximum atomic E-state index is 12.1. The molecule has 0 spiro atoms. The predicted molar refractivity (Wildman–Crippen MR) is 73.9 cm³/mol. The first-order chi connectivity index (χ1) is 8.20. The molecule has 0 radical (unpaired) electrons. The highest BCUT2D eigenvalue weighted by atomic mass is 32.2. The average Bonchev–Trinajstić information content (AvgIpc) is 2.81. The van der Waals surface area contributed by atoms with Crippen molar-refractivity contribution < 1.29 is 4.79 Å². The van der Waals surface area contributed by atoms with Crippen molar-refractivity contribution in [2.45, 2.75) is 19.4 Å². The molecule has 3 nitrogen and oxygen atoms in total. The number of benzene rings is 1. The molecule has 0 bridgehead atoms. The van der Waals surface area contributed by atoms with Crippen molar-refractivity contribution in [3.63, 3.8) is 0 Å². The third-order valence-corrected chi connectivity index (χ3v) is 4.19. The van der Waals surface area contributed by atoms with E-state index in [9.17, 15) is 4.79 Å². The van der Waals surface area contributed by atoms with Gasteiger partial charge in [-0.05, 0) is 42.9 Å². The fourth-order valence-corrected chi connectivity index (χ4v) is 3.14. The lowest BCUT2D eigenvalue weighted by molar-refractivity contribution is 0.0940. The highest BCUT2D eigenvalue weighted by molar-refractivity contribution is 7.99. The van der Waals surface area contributed by atoms with Crippen LogP contribution in [-0.4, -0.2) is 30.5 Å². The van der Waals surface area contributed by atoms with Gasteiger partial charge in [0.1, 0.15) is 0 Å². The van der Waals surface area contributed by atoms with Crippen LogP contribution < -0.4 is 10.6 Å². The molecule has 0 aliphatic carbocycles. The molecule has 92 valence electrons. The number of thioether (sulfide) groups is 1. The lowest BCUT2D eigenvalue weighted by Gasteiger charge is -2.13. The van der Waals surface area contributed by atoms with E-state index in [1.807, 2.05) is 43.9 Å². The highest BCUT2D eigenvalue weighted by Crippen LogP contribution is 2.19. The molecule has 0 aromatic heterocycles. The van der Waals surface area contributed by atoms with Crippen molar-refractivity contribution in [1.29, 1.82) is 0 Å². The Hall–Kier alpha value is -1.16. The van der Waals surface area contributed by atoms with Gasteiger partial charge in [0.25, 0.3) is 5.91 Å². The zero-order chi connectivity index (χ0) is 12.3. The van der Waals surface area contributed by atoms with Gasteiger partial charge in [-0.25, -0.2) is 0 Å². The molecule has 4 heteroatoms. The topological polar surface area (TPSA) is 41.1 Å². The quantitative estimate of drug-likeness (QED) is 0.864. The van der Waals surface area contributed by atoms with Crippen LogP contribution in [0.25, 0.3) is 0 Å².